The van der Waals surface area contributed by atoms with Crippen LogP contribution in [0.2, 0.25) is 10.0 Å². The van der Waals surface area contributed by atoms with Crippen LogP contribution in [0.4, 0.5) is 15.0 Å². The van der Waals surface area contributed by atoms with Gasteiger partial charge in [0.15, 0.2) is 5.65 Å². The molecular formula is C57H63Cl2FN10O9. The van der Waals surface area contributed by atoms with Crippen LogP contribution in [0.3, 0.4) is 0 Å². The first-order valence-electron chi connectivity index (χ1n) is 26.2. The number of piperazine rings is 1. The molecule has 5 amide bonds. The molecule has 79 heavy (non-hydrogen) atoms. The second-order valence-electron chi connectivity index (χ2n) is 19.6. The first kappa shape index (κ1) is 56.2. The molecule has 1 unspecified atom stereocenters. The molecule has 2 bridgehead atoms. The molecule has 9 rings (SSSR count). The van der Waals surface area contributed by atoms with Crippen LogP contribution in [0, 0.1) is 5.82 Å². The summed E-state index contributed by atoms with van der Waals surface area (Å²) in [7, 11) is 1.57. The van der Waals surface area contributed by atoms with Crippen LogP contribution in [-0.2, 0) is 19.1 Å². The summed E-state index contributed by atoms with van der Waals surface area (Å²) >= 11 is 12.7. The molecular weight excluding hydrogens is 1060 g/mol. The molecule has 0 saturated carbocycles. The van der Waals surface area contributed by atoms with Crippen molar-refractivity contribution in [3.05, 3.63) is 147 Å². The van der Waals surface area contributed by atoms with Gasteiger partial charge in [-0.05, 0) is 99.5 Å². The second kappa shape index (κ2) is 25.5. The topological polar surface area (TPSA) is 194 Å². The van der Waals surface area contributed by atoms with Crippen molar-refractivity contribution in [3.63, 3.8) is 0 Å². The van der Waals surface area contributed by atoms with Gasteiger partial charge in [0.2, 0.25) is 11.8 Å². The highest BCUT2D eigenvalue weighted by molar-refractivity contribution is 6.30. The Morgan fingerprint density at radius 1 is 0.861 bits per heavy atom. The molecule has 0 spiro atoms. The predicted molar refractivity (Wildman–Crippen MR) is 296 cm³/mol. The molecule has 4 atom stereocenters. The Morgan fingerprint density at radius 3 is 2.32 bits per heavy atom. The number of urea groups is 1. The average molecular weight is 1120 g/mol. The number of rotatable bonds is 18. The summed E-state index contributed by atoms with van der Waals surface area (Å²) in [5.74, 6) is 1.13. The van der Waals surface area contributed by atoms with Crippen molar-refractivity contribution in [1.82, 2.24) is 39.5 Å². The van der Waals surface area contributed by atoms with E-state index in [0.717, 1.165) is 11.1 Å². The van der Waals surface area contributed by atoms with E-state index in [0.29, 0.717) is 62.3 Å². The minimum absolute atomic E-state index is 0.0736. The summed E-state index contributed by atoms with van der Waals surface area (Å²) in [6.45, 7) is 9.48. The summed E-state index contributed by atoms with van der Waals surface area (Å²) in [5, 5.41) is 11.6. The Kier molecular flexibility index (Phi) is 18.2. The number of aliphatic imine (C=N–C) groups is 1. The van der Waals surface area contributed by atoms with Gasteiger partial charge >= 0.3 is 6.03 Å². The second-order valence-corrected chi connectivity index (χ2v) is 20.5. The van der Waals surface area contributed by atoms with E-state index in [1.54, 1.807) is 81.4 Å². The Hall–Kier alpha value is -7.52. The third-order valence-corrected chi connectivity index (χ3v) is 14.1. The molecule has 4 aromatic carbocycles. The molecule has 19 nitrogen and oxygen atoms in total. The van der Waals surface area contributed by atoms with Crippen LogP contribution in [0.25, 0.3) is 5.65 Å². The Balaban J connectivity index is 0.753. The number of nitrogens with one attached hydrogen (secondary N) is 2. The molecule has 0 radical (unpaired) electrons. The lowest BCUT2D eigenvalue weighted by Gasteiger charge is -2.38. The van der Waals surface area contributed by atoms with Gasteiger partial charge in [-0.3, -0.25) is 24.3 Å². The van der Waals surface area contributed by atoms with E-state index < -0.39 is 30.0 Å². The van der Waals surface area contributed by atoms with E-state index >= 15 is 4.79 Å². The van der Waals surface area contributed by atoms with Crippen LogP contribution in [0.5, 0.6) is 17.2 Å². The standard InChI is InChI=1S/C57H63Cl2FN10O9/c1-35(2)78-48-31-43(75-5)15-16-44(48)55-65-52(38-6-10-40(58)11-7-38)53(39-8-12-41(59)13-9-39)70(55)57(74)68-24-23-66(51(72)34-68)25-27-77-29-28-76-26-19-50(71)61-20-22-67-33-36(3)79-47-17-14-42(60)30-45(47)37(4)63-49-18-21-69-54(64-49)46(32-62-69)56(67)73/h6-18,21,30-32,35-37,52-53H,19-20,22-29,33-34H2,1-5H3,(H,61,71)(H,63,64)/t36-,37?,52+,53-/m0/s1. The lowest BCUT2D eigenvalue weighted by molar-refractivity contribution is -0.135. The van der Waals surface area contributed by atoms with E-state index in [1.165, 1.54) is 22.8 Å². The first-order valence-corrected chi connectivity index (χ1v) is 27.0. The zero-order valence-corrected chi connectivity index (χ0v) is 46.1. The van der Waals surface area contributed by atoms with Crippen LogP contribution in [-0.4, -0.2) is 155 Å². The number of benzene rings is 4. The molecule has 0 aliphatic carbocycles. The quantitative estimate of drug-likeness (QED) is 0.0782. The van der Waals surface area contributed by atoms with Crippen molar-refractivity contribution < 1.29 is 47.3 Å². The highest BCUT2D eigenvalue weighted by atomic mass is 35.5. The van der Waals surface area contributed by atoms with Crippen molar-refractivity contribution in [1.29, 1.82) is 0 Å². The summed E-state index contributed by atoms with van der Waals surface area (Å²) in [6, 6.07) is 24.2. The monoisotopic (exact) mass is 1120 g/mol. The predicted octanol–water partition coefficient (Wildman–Crippen LogP) is 8.42. The van der Waals surface area contributed by atoms with E-state index in [9.17, 15) is 18.8 Å². The van der Waals surface area contributed by atoms with E-state index in [-0.39, 0.29) is 108 Å². The number of hydrogen-bond donors (Lipinski definition) is 2. The van der Waals surface area contributed by atoms with Crippen molar-refractivity contribution >= 4 is 64.3 Å². The van der Waals surface area contributed by atoms with Gasteiger partial charge in [-0.25, -0.2) is 18.7 Å². The largest absolute Gasteiger partial charge is 0.497 e. The van der Waals surface area contributed by atoms with Gasteiger partial charge in [-0.15, -0.1) is 0 Å². The van der Waals surface area contributed by atoms with Gasteiger partial charge in [0.25, 0.3) is 5.91 Å². The van der Waals surface area contributed by atoms with Crippen molar-refractivity contribution in [2.45, 2.75) is 64.4 Å². The summed E-state index contributed by atoms with van der Waals surface area (Å²) in [5.41, 5.74) is 3.42. The van der Waals surface area contributed by atoms with E-state index in [1.807, 2.05) is 58.0 Å². The number of carbonyl (C=O) groups is 4. The zero-order valence-electron chi connectivity index (χ0n) is 44.6. The minimum Gasteiger partial charge on any atom is -0.497 e. The number of ether oxygens (including phenoxy) is 5. The fraction of sp³-hybridized carbons (Fsp3) is 0.386. The number of carbonyl (C=O) groups excluding carboxylic acids is 4. The normalized spacial score (nSPS) is 18.6. The number of halogens is 3. The molecule has 6 aromatic rings. The number of aromatic nitrogens is 3. The van der Waals surface area contributed by atoms with Crippen molar-refractivity contribution in [3.8, 4) is 17.2 Å². The first-order chi connectivity index (χ1) is 38.1. The molecule has 1 fully saturated rings. The lowest BCUT2D eigenvalue weighted by Crippen LogP contribution is -2.56. The molecule has 22 heteroatoms. The Morgan fingerprint density at radius 2 is 1.59 bits per heavy atom. The van der Waals surface area contributed by atoms with E-state index in [2.05, 4.69) is 20.7 Å². The number of amides is 5. The molecule has 3 aliphatic rings. The summed E-state index contributed by atoms with van der Waals surface area (Å²) < 4.78 is 45.6. The average Bonchev–Trinajstić information content (AvgIpc) is 4.29. The van der Waals surface area contributed by atoms with Gasteiger partial charge < -0.3 is 49.0 Å². The zero-order chi connectivity index (χ0) is 55.7. The third-order valence-electron chi connectivity index (χ3n) is 13.6. The maximum Gasteiger partial charge on any atom is 0.326 e. The molecule has 2 aromatic heterocycles. The number of amidine groups is 1. The van der Waals surface area contributed by atoms with Gasteiger partial charge in [0, 0.05) is 67.0 Å². The molecule has 5 heterocycles. The smallest absolute Gasteiger partial charge is 0.326 e. The molecule has 416 valence electrons. The maximum absolute atomic E-state index is 15.1. The van der Waals surface area contributed by atoms with Crippen LogP contribution in [0.1, 0.15) is 84.9 Å². The SMILES string of the molecule is COc1ccc(C2=N[C@H](c3ccc(Cl)cc3)[C@H](c3ccc(Cl)cc3)N2C(=O)N2CCN(CCOCCOCCC(=O)NCCN3C[C@H](C)Oc4ccc(F)cc4C(C)Nc4ccn5ncc(c5n4)C3=O)C(=O)C2)c(OC(C)C)c1. The van der Waals surface area contributed by atoms with Gasteiger partial charge in [-0.1, -0.05) is 47.5 Å². The Labute approximate surface area is 467 Å². The fourth-order valence-electron chi connectivity index (χ4n) is 9.74. The highest BCUT2D eigenvalue weighted by Gasteiger charge is 2.46. The van der Waals surface area contributed by atoms with E-state index in [4.69, 9.17) is 51.9 Å². The summed E-state index contributed by atoms with van der Waals surface area (Å²) in [6.07, 6.45) is 2.52. The van der Waals surface area contributed by atoms with Crippen LogP contribution in [0.15, 0.2) is 108 Å². The van der Waals surface area contributed by atoms with Gasteiger partial charge in [-0.2, -0.15) is 5.10 Å². The van der Waals surface area contributed by atoms with Crippen LogP contribution >= 0.6 is 23.2 Å². The Bertz CT molecular complexity index is 3180. The van der Waals surface area contributed by atoms with Gasteiger partial charge in [0.1, 0.15) is 59.0 Å². The number of nitrogens with zero attached hydrogens (tertiary/aromatic N) is 8. The number of methoxy groups -OCH3 is 1. The lowest BCUT2D eigenvalue weighted by atomic mass is 9.93. The van der Waals surface area contributed by atoms with Crippen molar-refractivity contribution in [2.75, 3.05) is 84.7 Å². The maximum atomic E-state index is 15.1. The molecule has 1 saturated heterocycles. The number of anilines is 1. The summed E-state index contributed by atoms with van der Waals surface area (Å²) in [4.78, 5) is 72.2. The van der Waals surface area contributed by atoms with Crippen LogP contribution < -0.4 is 24.8 Å². The molecule has 2 N–H and O–H groups in total. The van der Waals surface area contributed by atoms with Crippen molar-refractivity contribution in [2.24, 2.45) is 4.99 Å². The highest BCUT2D eigenvalue weighted by Crippen LogP contribution is 2.46. The number of fused-ring (bicyclic) bond motifs is 2. The fourth-order valence-corrected chi connectivity index (χ4v) is 9.99. The van der Waals surface area contributed by atoms with Gasteiger partial charge in [0.05, 0.1) is 70.0 Å². The third kappa shape index (κ3) is 13.5. The molecule has 3 aliphatic heterocycles. The number of hydrogen-bond acceptors (Lipinski definition) is 13. The minimum atomic E-state index is -0.635.